The molecule has 8 nitrogen and oxygen atoms in total. The fourth-order valence-electron chi connectivity index (χ4n) is 3.38. The number of anilines is 1. The van der Waals surface area contributed by atoms with Crippen molar-refractivity contribution in [2.75, 3.05) is 18.4 Å². The summed E-state index contributed by atoms with van der Waals surface area (Å²) >= 11 is 0. The first-order valence-corrected chi connectivity index (χ1v) is 9.34. The van der Waals surface area contributed by atoms with E-state index in [1.165, 1.54) is 0 Å². The van der Waals surface area contributed by atoms with Crippen LogP contribution in [-0.2, 0) is 6.54 Å². The van der Waals surface area contributed by atoms with Crippen LogP contribution in [0.2, 0.25) is 0 Å². The van der Waals surface area contributed by atoms with Crippen LogP contribution in [-0.4, -0.2) is 44.5 Å². The van der Waals surface area contributed by atoms with E-state index in [1.807, 2.05) is 17.9 Å². The molecule has 0 unspecified atom stereocenters. The lowest BCUT2D eigenvalue weighted by Gasteiger charge is -2.16. The quantitative estimate of drug-likeness (QED) is 0.730. The molecule has 1 aliphatic rings. The Morgan fingerprint density at radius 2 is 2.04 bits per heavy atom. The summed E-state index contributed by atoms with van der Waals surface area (Å²) < 4.78 is 1.66. The molecule has 1 aromatic carbocycles. The number of hydrogen-bond donors (Lipinski definition) is 2. The summed E-state index contributed by atoms with van der Waals surface area (Å²) in [5.41, 5.74) is 3.72. The maximum Gasteiger partial charge on any atom is 0.319 e. The Balaban J connectivity index is 1.38. The van der Waals surface area contributed by atoms with Crippen molar-refractivity contribution in [3.05, 3.63) is 59.5 Å². The zero-order chi connectivity index (χ0) is 19.5. The SMILES string of the molecule is Cc1cc(C(=O)N2CCCC2)ccc1NC(=O)NCc1cnn2cccnc12. The summed E-state index contributed by atoms with van der Waals surface area (Å²) in [5.74, 6) is 0.0530. The molecule has 0 radical (unpaired) electrons. The maximum absolute atomic E-state index is 12.5. The van der Waals surface area contributed by atoms with Crippen molar-refractivity contribution in [3.63, 3.8) is 0 Å². The number of likely N-dealkylation sites (tertiary alicyclic amines) is 1. The van der Waals surface area contributed by atoms with Crippen LogP contribution >= 0.6 is 0 Å². The Morgan fingerprint density at radius 1 is 1.21 bits per heavy atom. The summed E-state index contributed by atoms with van der Waals surface area (Å²) in [7, 11) is 0. The lowest BCUT2D eigenvalue weighted by Crippen LogP contribution is -2.29. The number of fused-ring (bicyclic) bond motifs is 1. The largest absolute Gasteiger partial charge is 0.339 e. The second kappa shape index (κ2) is 7.67. The van der Waals surface area contributed by atoms with E-state index in [9.17, 15) is 9.59 Å². The number of urea groups is 1. The molecule has 3 heterocycles. The van der Waals surface area contributed by atoms with Gasteiger partial charge in [-0.2, -0.15) is 5.10 Å². The molecule has 8 heteroatoms. The number of rotatable bonds is 4. The van der Waals surface area contributed by atoms with Gasteiger partial charge in [-0.25, -0.2) is 14.3 Å². The number of carbonyl (C=O) groups excluding carboxylic acids is 2. The Morgan fingerprint density at radius 3 is 2.82 bits per heavy atom. The molecule has 144 valence electrons. The van der Waals surface area contributed by atoms with Gasteiger partial charge in [0.1, 0.15) is 0 Å². The van der Waals surface area contributed by atoms with Crippen LogP contribution < -0.4 is 10.6 Å². The highest BCUT2D eigenvalue weighted by Crippen LogP contribution is 2.19. The Bertz CT molecular complexity index is 1020. The molecular weight excluding hydrogens is 356 g/mol. The minimum Gasteiger partial charge on any atom is -0.339 e. The molecule has 3 amide bonds. The lowest BCUT2D eigenvalue weighted by molar-refractivity contribution is 0.0792. The van der Waals surface area contributed by atoms with E-state index < -0.39 is 0 Å². The first kappa shape index (κ1) is 18.0. The van der Waals surface area contributed by atoms with E-state index in [0.29, 0.717) is 23.4 Å². The minimum atomic E-state index is -0.322. The minimum absolute atomic E-state index is 0.0530. The van der Waals surface area contributed by atoms with Gasteiger partial charge < -0.3 is 15.5 Å². The van der Waals surface area contributed by atoms with Crippen molar-refractivity contribution in [2.24, 2.45) is 0 Å². The average Bonchev–Trinajstić information content (AvgIpc) is 3.37. The predicted molar refractivity (Wildman–Crippen MR) is 105 cm³/mol. The third-order valence-corrected chi connectivity index (χ3v) is 4.91. The molecular formula is C20H22N6O2. The van der Waals surface area contributed by atoms with Crippen LogP contribution in [0.15, 0.2) is 42.9 Å². The third-order valence-electron chi connectivity index (χ3n) is 4.91. The molecule has 1 aliphatic heterocycles. The number of hydrogen-bond acceptors (Lipinski definition) is 4. The van der Waals surface area contributed by atoms with E-state index in [1.54, 1.807) is 41.3 Å². The van der Waals surface area contributed by atoms with E-state index in [4.69, 9.17) is 0 Å². The number of aromatic nitrogens is 3. The van der Waals surface area contributed by atoms with Crippen LogP contribution in [0, 0.1) is 6.92 Å². The molecule has 2 N–H and O–H groups in total. The maximum atomic E-state index is 12.5. The van der Waals surface area contributed by atoms with Gasteiger partial charge in [-0.1, -0.05) is 0 Å². The van der Waals surface area contributed by atoms with Crippen molar-refractivity contribution in [2.45, 2.75) is 26.3 Å². The fourth-order valence-corrected chi connectivity index (χ4v) is 3.38. The van der Waals surface area contributed by atoms with Gasteiger partial charge in [-0.15, -0.1) is 0 Å². The van der Waals surface area contributed by atoms with Crippen LogP contribution in [0.5, 0.6) is 0 Å². The van der Waals surface area contributed by atoms with Crippen molar-refractivity contribution < 1.29 is 9.59 Å². The summed E-state index contributed by atoms with van der Waals surface area (Å²) in [6, 6.07) is 6.83. The molecule has 1 fully saturated rings. The standard InChI is InChI=1S/C20H22N6O2/c1-14-11-15(19(27)25-8-2-3-9-25)5-6-17(14)24-20(28)22-12-16-13-23-26-10-4-7-21-18(16)26/h4-7,10-11,13H,2-3,8-9,12H2,1H3,(H2,22,24,28). The third kappa shape index (κ3) is 3.66. The van der Waals surface area contributed by atoms with Gasteiger partial charge >= 0.3 is 6.03 Å². The van der Waals surface area contributed by atoms with Gasteiger partial charge in [0.25, 0.3) is 5.91 Å². The van der Waals surface area contributed by atoms with Gasteiger partial charge in [0.2, 0.25) is 0 Å². The lowest BCUT2D eigenvalue weighted by atomic mass is 10.1. The van der Waals surface area contributed by atoms with Crippen LogP contribution in [0.1, 0.15) is 34.3 Å². The molecule has 0 aliphatic carbocycles. The van der Waals surface area contributed by atoms with Crippen molar-refractivity contribution in [3.8, 4) is 0 Å². The Hall–Kier alpha value is -3.42. The van der Waals surface area contributed by atoms with Crippen molar-refractivity contribution >= 4 is 23.3 Å². The summed E-state index contributed by atoms with van der Waals surface area (Å²) in [6.45, 7) is 3.83. The first-order valence-electron chi connectivity index (χ1n) is 9.34. The molecule has 1 saturated heterocycles. The highest BCUT2D eigenvalue weighted by atomic mass is 16.2. The zero-order valence-corrected chi connectivity index (χ0v) is 15.7. The first-order chi connectivity index (χ1) is 13.6. The van der Waals surface area contributed by atoms with Crippen LogP contribution in [0.4, 0.5) is 10.5 Å². The number of amides is 3. The monoisotopic (exact) mass is 378 g/mol. The summed E-state index contributed by atoms with van der Waals surface area (Å²) in [6.07, 6.45) is 7.31. The van der Waals surface area contributed by atoms with Crippen LogP contribution in [0.25, 0.3) is 5.65 Å². The Kier molecular flexibility index (Phi) is 4.92. The van der Waals surface area contributed by atoms with Gasteiger partial charge in [0.05, 0.1) is 6.20 Å². The molecule has 0 atom stereocenters. The number of benzene rings is 1. The van der Waals surface area contributed by atoms with Gasteiger partial charge in [-0.3, -0.25) is 4.79 Å². The summed E-state index contributed by atoms with van der Waals surface area (Å²) in [5, 5.41) is 9.85. The van der Waals surface area contributed by atoms with Crippen LogP contribution in [0.3, 0.4) is 0 Å². The fraction of sp³-hybridized carbons (Fsp3) is 0.300. The van der Waals surface area contributed by atoms with Gasteiger partial charge in [0, 0.05) is 48.8 Å². The number of nitrogens with zero attached hydrogens (tertiary/aromatic N) is 4. The van der Waals surface area contributed by atoms with E-state index in [-0.39, 0.29) is 11.9 Å². The number of aryl methyl sites for hydroxylation is 1. The van der Waals surface area contributed by atoms with Crippen molar-refractivity contribution in [1.29, 1.82) is 0 Å². The normalized spacial score (nSPS) is 13.7. The predicted octanol–water partition coefficient (Wildman–Crippen LogP) is 2.60. The van der Waals surface area contributed by atoms with Gasteiger partial charge in [-0.05, 0) is 49.6 Å². The smallest absolute Gasteiger partial charge is 0.319 e. The molecule has 0 saturated carbocycles. The van der Waals surface area contributed by atoms with E-state index in [2.05, 4.69) is 20.7 Å². The average molecular weight is 378 g/mol. The van der Waals surface area contributed by atoms with E-state index in [0.717, 1.165) is 37.1 Å². The zero-order valence-electron chi connectivity index (χ0n) is 15.7. The number of nitrogens with one attached hydrogen (secondary N) is 2. The topological polar surface area (TPSA) is 91.6 Å². The van der Waals surface area contributed by atoms with Crippen molar-refractivity contribution in [1.82, 2.24) is 24.8 Å². The molecule has 3 aromatic rings. The summed E-state index contributed by atoms with van der Waals surface area (Å²) in [4.78, 5) is 30.9. The highest BCUT2D eigenvalue weighted by Gasteiger charge is 2.20. The Labute approximate surface area is 162 Å². The van der Waals surface area contributed by atoms with E-state index >= 15 is 0 Å². The highest BCUT2D eigenvalue weighted by molar-refractivity contribution is 5.96. The molecule has 28 heavy (non-hydrogen) atoms. The second-order valence-electron chi connectivity index (χ2n) is 6.89. The molecule has 4 rings (SSSR count). The van der Waals surface area contributed by atoms with Gasteiger partial charge in [0.15, 0.2) is 5.65 Å². The molecule has 0 spiro atoms. The number of carbonyl (C=O) groups is 2. The molecule has 0 bridgehead atoms. The molecule has 2 aromatic heterocycles. The second-order valence-corrected chi connectivity index (χ2v) is 6.89.